The van der Waals surface area contributed by atoms with Crippen molar-refractivity contribution in [1.29, 1.82) is 0 Å². The predicted octanol–water partition coefficient (Wildman–Crippen LogP) is 3.62. The van der Waals surface area contributed by atoms with Gasteiger partial charge in [0, 0.05) is 18.7 Å². The molecule has 0 aromatic heterocycles. The van der Waals surface area contributed by atoms with Crippen molar-refractivity contribution in [2.45, 2.75) is 37.4 Å². The van der Waals surface area contributed by atoms with Gasteiger partial charge in [-0.2, -0.15) is 0 Å². The van der Waals surface area contributed by atoms with Gasteiger partial charge >= 0.3 is 0 Å². The molecule has 1 atom stereocenters. The molecule has 1 aromatic carbocycles. The molecule has 0 aliphatic carbocycles. The SMILES string of the molecule is c1ccc2c(c1)OCC[C@@H]2SNCCN1CCCCCC1. The molecule has 0 bridgehead atoms. The molecule has 0 saturated carbocycles. The normalized spacial score (nSPS) is 23.1. The minimum atomic E-state index is 0.527. The van der Waals surface area contributed by atoms with Crippen molar-refractivity contribution >= 4 is 11.9 Å². The lowest BCUT2D eigenvalue weighted by Crippen LogP contribution is -2.31. The number of nitrogens with one attached hydrogen (secondary N) is 1. The second kappa shape index (κ2) is 8.06. The van der Waals surface area contributed by atoms with Gasteiger partial charge in [0.05, 0.1) is 11.9 Å². The maximum atomic E-state index is 5.72. The van der Waals surface area contributed by atoms with Gasteiger partial charge in [-0.25, -0.2) is 0 Å². The third-order valence-electron chi connectivity index (χ3n) is 4.36. The Bertz CT molecular complexity index is 433. The lowest BCUT2D eigenvalue weighted by molar-refractivity contribution is 0.285. The topological polar surface area (TPSA) is 24.5 Å². The summed E-state index contributed by atoms with van der Waals surface area (Å²) in [6.07, 6.45) is 6.68. The number of nitrogens with zero attached hydrogens (tertiary/aromatic N) is 1. The summed E-state index contributed by atoms with van der Waals surface area (Å²) >= 11 is 1.88. The molecule has 2 heterocycles. The highest BCUT2D eigenvalue weighted by molar-refractivity contribution is 7.97. The van der Waals surface area contributed by atoms with Gasteiger partial charge in [0.25, 0.3) is 0 Å². The molecule has 1 fully saturated rings. The van der Waals surface area contributed by atoms with Crippen LogP contribution in [0.25, 0.3) is 0 Å². The maximum absolute atomic E-state index is 5.72. The summed E-state index contributed by atoms with van der Waals surface area (Å²) in [5, 5.41) is 0.527. The second-order valence-corrected chi connectivity index (χ2v) is 7.03. The van der Waals surface area contributed by atoms with E-state index in [2.05, 4.69) is 33.9 Å². The largest absolute Gasteiger partial charge is 0.493 e. The van der Waals surface area contributed by atoms with E-state index in [-0.39, 0.29) is 0 Å². The van der Waals surface area contributed by atoms with E-state index in [1.807, 2.05) is 11.9 Å². The molecule has 1 saturated heterocycles. The summed E-state index contributed by atoms with van der Waals surface area (Å²) in [6, 6.07) is 8.44. The number of hydrogen-bond donors (Lipinski definition) is 1. The summed E-state index contributed by atoms with van der Waals surface area (Å²) in [6.45, 7) is 5.66. The van der Waals surface area contributed by atoms with E-state index in [9.17, 15) is 0 Å². The van der Waals surface area contributed by atoms with Crippen molar-refractivity contribution < 1.29 is 4.74 Å². The molecule has 3 nitrogen and oxygen atoms in total. The first-order valence-electron chi connectivity index (χ1n) is 8.26. The first kappa shape index (κ1) is 15.2. The lowest BCUT2D eigenvalue weighted by Gasteiger charge is -2.26. The number of ether oxygens (including phenoxy) is 1. The van der Waals surface area contributed by atoms with Gasteiger partial charge in [-0.1, -0.05) is 43.0 Å². The van der Waals surface area contributed by atoms with Crippen LogP contribution in [0.1, 0.15) is 42.9 Å². The zero-order valence-electron chi connectivity index (χ0n) is 12.7. The number of likely N-dealkylation sites (tertiary alicyclic amines) is 1. The molecule has 0 spiro atoms. The average Bonchev–Trinajstić information content (AvgIpc) is 2.80. The summed E-state index contributed by atoms with van der Waals surface area (Å²) in [5.74, 6) is 1.07. The van der Waals surface area contributed by atoms with Crippen molar-refractivity contribution in [3.8, 4) is 5.75 Å². The molecular weight excluding hydrogens is 280 g/mol. The van der Waals surface area contributed by atoms with Crippen molar-refractivity contribution in [1.82, 2.24) is 9.62 Å². The van der Waals surface area contributed by atoms with Crippen LogP contribution in [0.4, 0.5) is 0 Å². The average molecular weight is 306 g/mol. The Hall–Kier alpha value is -0.710. The first-order valence-corrected chi connectivity index (χ1v) is 9.14. The molecule has 4 heteroatoms. The lowest BCUT2D eigenvalue weighted by atomic mass is 10.1. The molecule has 116 valence electrons. The minimum absolute atomic E-state index is 0.527. The molecule has 0 radical (unpaired) electrons. The number of hydrogen-bond acceptors (Lipinski definition) is 4. The highest BCUT2D eigenvalue weighted by Crippen LogP contribution is 2.39. The fourth-order valence-corrected chi connectivity index (χ4v) is 4.10. The van der Waals surface area contributed by atoms with Gasteiger partial charge in [0.15, 0.2) is 0 Å². The van der Waals surface area contributed by atoms with E-state index >= 15 is 0 Å². The highest BCUT2D eigenvalue weighted by atomic mass is 32.2. The third kappa shape index (κ3) is 4.38. The summed E-state index contributed by atoms with van der Waals surface area (Å²) in [4.78, 5) is 2.61. The van der Waals surface area contributed by atoms with E-state index in [1.54, 1.807) is 0 Å². The van der Waals surface area contributed by atoms with Crippen LogP contribution in [0.5, 0.6) is 5.75 Å². The Morgan fingerprint density at radius 3 is 2.81 bits per heavy atom. The van der Waals surface area contributed by atoms with E-state index in [4.69, 9.17) is 4.74 Å². The Morgan fingerprint density at radius 2 is 1.95 bits per heavy atom. The van der Waals surface area contributed by atoms with Gasteiger partial charge in [-0.3, -0.25) is 4.72 Å². The van der Waals surface area contributed by atoms with Crippen molar-refractivity contribution in [3.63, 3.8) is 0 Å². The van der Waals surface area contributed by atoms with Gasteiger partial charge in [-0.05, 0) is 38.4 Å². The van der Waals surface area contributed by atoms with Crippen molar-refractivity contribution in [2.75, 3.05) is 32.8 Å². The van der Waals surface area contributed by atoms with Crippen molar-refractivity contribution in [2.24, 2.45) is 0 Å². The highest BCUT2D eigenvalue weighted by Gasteiger charge is 2.21. The molecule has 2 aliphatic heterocycles. The van der Waals surface area contributed by atoms with Crippen LogP contribution in [-0.2, 0) is 0 Å². The Balaban J connectivity index is 1.41. The smallest absolute Gasteiger partial charge is 0.123 e. The number of para-hydroxylation sites is 1. The number of rotatable bonds is 5. The summed E-state index contributed by atoms with van der Waals surface area (Å²) in [5.41, 5.74) is 1.34. The fourth-order valence-electron chi connectivity index (χ4n) is 3.15. The molecule has 1 N–H and O–H groups in total. The minimum Gasteiger partial charge on any atom is -0.493 e. The Labute approximate surface area is 132 Å². The van der Waals surface area contributed by atoms with E-state index in [0.717, 1.165) is 25.3 Å². The van der Waals surface area contributed by atoms with Gasteiger partial charge in [-0.15, -0.1) is 0 Å². The molecule has 3 rings (SSSR count). The van der Waals surface area contributed by atoms with Gasteiger partial charge in [0.2, 0.25) is 0 Å². The van der Waals surface area contributed by atoms with Crippen LogP contribution in [0.3, 0.4) is 0 Å². The maximum Gasteiger partial charge on any atom is 0.123 e. The fraction of sp³-hybridized carbons (Fsp3) is 0.647. The standard InChI is InChI=1S/C17H26N2OS/c1-2-6-12-19(11-5-1)13-10-18-21-17-9-14-20-16-8-4-3-7-15(16)17/h3-4,7-8,17-18H,1-2,5-6,9-14H2/t17-/m0/s1. The van der Waals surface area contributed by atoms with E-state index in [0.29, 0.717) is 5.25 Å². The van der Waals surface area contributed by atoms with Crippen LogP contribution >= 0.6 is 11.9 Å². The molecule has 1 aromatic rings. The summed E-state index contributed by atoms with van der Waals surface area (Å²) in [7, 11) is 0. The zero-order valence-corrected chi connectivity index (χ0v) is 13.5. The van der Waals surface area contributed by atoms with E-state index < -0.39 is 0 Å². The molecular formula is C17H26N2OS. The van der Waals surface area contributed by atoms with Gasteiger partial charge in [0.1, 0.15) is 5.75 Å². The third-order valence-corrected chi connectivity index (χ3v) is 5.50. The van der Waals surface area contributed by atoms with Crippen LogP contribution in [-0.4, -0.2) is 37.7 Å². The Kier molecular flexibility index (Phi) is 5.83. The first-order chi connectivity index (χ1) is 10.4. The predicted molar refractivity (Wildman–Crippen MR) is 89.8 cm³/mol. The zero-order chi connectivity index (χ0) is 14.3. The molecule has 0 unspecified atom stereocenters. The van der Waals surface area contributed by atoms with E-state index in [1.165, 1.54) is 50.9 Å². The van der Waals surface area contributed by atoms with Gasteiger partial charge < -0.3 is 9.64 Å². The number of benzene rings is 1. The van der Waals surface area contributed by atoms with Crippen LogP contribution in [0, 0.1) is 0 Å². The second-order valence-electron chi connectivity index (χ2n) is 5.93. The van der Waals surface area contributed by atoms with Crippen LogP contribution < -0.4 is 9.46 Å². The Morgan fingerprint density at radius 1 is 1.14 bits per heavy atom. The molecule has 0 amide bonds. The molecule has 21 heavy (non-hydrogen) atoms. The van der Waals surface area contributed by atoms with Crippen LogP contribution in [0.2, 0.25) is 0 Å². The quantitative estimate of drug-likeness (QED) is 0.663. The van der Waals surface area contributed by atoms with Crippen molar-refractivity contribution in [3.05, 3.63) is 29.8 Å². The summed E-state index contributed by atoms with van der Waals surface area (Å²) < 4.78 is 9.30. The monoisotopic (exact) mass is 306 g/mol. The molecule has 2 aliphatic rings. The number of fused-ring (bicyclic) bond motifs is 1. The van der Waals surface area contributed by atoms with Crippen LogP contribution in [0.15, 0.2) is 24.3 Å².